The first-order chi connectivity index (χ1) is 17.9. The van der Waals surface area contributed by atoms with E-state index in [1.165, 1.54) is 34.1 Å². The molecule has 1 aliphatic heterocycles. The highest BCUT2D eigenvalue weighted by atomic mass is 35.5. The van der Waals surface area contributed by atoms with E-state index in [0.717, 1.165) is 16.7 Å². The molecule has 0 radical (unpaired) electrons. The van der Waals surface area contributed by atoms with Crippen molar-refractivity contribution in [2.45, 2.75) is 61.5 Å². The van der Waals surface area contributed by atoms with Crippen LogP contribution in [-0.4, -0.2) is 35.6 Å². The predicted octanol–water partition coefficient (Wildman–Crippen LogP) is 7.08. The van der Waals surface area contributed by atoms with Gasteiger partial charge in [-0.15, -0.1) is 0 Å². The second kappa shape index (κ2) is 11.4. The molecule has 3 atom stereocenters. The summed E-state index contributed by atoms with van der Waals surface area (Å²) in [4.78, 5) is 12.5. The van der Waals surface area contributed by atoms with Gasteiger partial charge in [0.15, 0.2) is 0 Å². The molecule has 1 aliphatic rings. The van der Waals surface area contributed by atoms with Gasteiger partial charge in [0, 0.05) is 22.6 Å². The van der Waals surface area contributed by atoms with E-state index >= 15 is 0 Å². The number of hydrogen-bond donors (Lipinski definition) is 1. The van der Waals surface area contributed by atoms with Crippen LogP contribution in [0.15, 0.2) is 77.7 Å². The third kappa shape index (κ3) is 6.45. The summed E-state index contributed by atoms with van der Waals surface area (Å²) in [5.74, 6) is -1.16. The van der Waals surface area contributed by atoms with Crippen molar-refractivity contribution in [1.82, 2.24) is 4.31 Å². The van der Waals surface area contributed by atoms with Crippen molar-refractivity contribution in [2.75, 3.05) is 6.54 Å². The van der Waals surface area contributed by atoms with E-state index in [9.17, 15) is 18.3 Å². The molecule has 4 rings (SSSR count). The van der Waals surface area contributed by atoms with Gasteiger partial charge in [-0.25, -0.2) is 8.42 Å². The molecule has 0 amide bonds. The first kappa shape index (κ1) is 28.7. The maximum atomic E-state index is 13.8. The minimum absolute atomic E-state index is 0.0593. The fourth-order valence-corrected chi connectivity index (χ4v) is 7.89. The highest BCUT2D eigenvalue weighted by Crippen LogP contribution is 2.43. The summed E-state index contributed by atoms with van der Waals surface area (Å²) < 4.78 is 29.0. The maximum Gasteiger partial charge on any atom is 0.308 e. The van der Waals surface area contributed by atoms with Gasteiger partial charge in [-0.05, 0) is 59.7 Å². The number of rotatable bonds is 7. The number of carboxylic acid groups (broad SMARTS) is 1. The van der Waals surface area contributed by atoms with Gasteiger partial charge in [-0.1, -0.05) is 86.5 Å². The number of carboxylic acids is 1. The van der Waals surface area contributed by atoms with Gasteiger partial charge in [0.1, 0.15) is 0 Å². The first-order valence-corrected chi connectivity index (χ1v) is 15.5. The molecule has 1 saturated heterocycles. The summed E-state index contributed by atoms with van der Waals surface area (Å²) >= 11 is 7.59. The average molecular weight is 572 g/mol. The van der Waals surface area contributed by atoms with E-state index < -0.39 is 28.0 Å². The molecule has 3 aromatic carbocycles. The zero-order valence-corrected chi connectivity index (χ0v) is 24.5. The normalized spacial score (nSPS) is 20.8. The Hall–Kier alpha value is -2.32. The second-order valence-electron chi connectivity index (χ2n) is 10.9. The van der Waals surface area contributed by atoms with Crippen molar-refractivity contribution < 1.29 is 18.3 Å². The molecule has 1 N–H and O–H groups in total. The van der Waals surface area contributed by atoms with Gasteiger partial charge >= 0.3 is 5.97 Å². The van der Waals surface area contributed by atoms with Crippen LogP contribution in [0.1, 0.15) is 55.5 Å². The Morgan fingerprint density at radius 2 is 1.61 bits per heavy atom. The molecule has 38 heavy (non-hydrogen) atoms. The number of aliphatic carboxylic acids is 1. The summed E-state index contributed by atoms with van der Waals surface area (Å²) in [6.07, 6.45) is 0.400. The molecule has 0 aromatic heterocycles. The average Bonchev–Trinajstić information content (AvgIpc) is 2.87. The topological polar surface area (TPSA) is 74.7 Å². The lowest BCUT2D eigenvalue weighted by atomic mass is 9.87. The van der Waals surface area contributed by atoms with Crippen LogP contribution in [0.5, 0.6) is 0 Å². The number of aryl methyl sites for hydroxylation is 1. The quantitative estimate of drug-likeness (QED) is 0.328. The Morgan fingerprint density at radius 3 is 2.16 bits per heavy atom. The number of sulfonamides is 1. The molecule has 1 fully saturated rings. The Morgan fingerprint density at radius 1 is 1.00 bits per heavy atom. The second-order valence-corrected chi connectivity index (χ2v) is 14.5. The third-order valence-electron chi connectivity index (χ3n) is 7.11. The summed E-state index contributed by atoms with van der Waals surface area (Å²) in [5.41, 5.74) is 4.36. The Kier molecular flexibility index (Phi) is 8.62. The standard InChI is InChI=1S/C30H34ClNO4S2/c1-20-5-9-22(10-6-20)27-17-28(37-19-21-7-11-23(12-8-21)30(2,3)4)26(29(33)34)18-32(27)38(35,36)25-15-13-24(31)14-16-25/h5-16,26-28H,17-19H2,1-4H3,(H,33,34)/t26-,27+,28-/m1/s1. The van der Waals surface area contributed by atoms with E-state index in [0.29, 0.717) is 17.2 Å². The molecule has 0 aliphatic carbocycles. The minimum Gasteiger partial charge on any atom is -0.481 e. The van der Waals surface area contributed by atoms with Crippen LogP contribution in [-0.2, 0) is 26.0 Å². The smallest absolute Gasteiger partial charge is 0.308 e. The molecule has 8 heteroatoms. The van der Waals surface area contributed by atoms with Gasteiger partial charge in [-0.2, -0.15) is 16.1 Å². The van der Waals surface area contributed by atoms with Gasteiger partial charge in [0.2, 0.25) is 10.0 Å². The summed E-state index contributed by atoms with van der Waals surface area (Å²) in [6.45, 7) is 8.40. The van der Waals surface area contributed by atoms with Crippen LogP contribution in [0.3, 0.4) is 0 Å². The molecule has 0 unspecified atom stereocenters. The van der Waals surface area contributed by atoms with Crippen molar-refractivity contribution >= 4 is 39.4 Å². The van der Waals surface area contributed by atoms with E-state index in [1.54, 1.807) is 11.8 Å². The van der Waals surface area contributed by atoms with Gasteiger partial charge in [0.05, 0.1) is 16.9 Å². The fraction of sp³-hybridized carbons (Fsp3) is 0.367. The van der Waals surface area contributed by atoms with Gasteiger partial charge in [-0.3, -0.25) is 4.79 Å². The largest absolute Gasteiger partial charge is 0.481 e. The monoisotopic (exact) mass is 571 g/mol. The number of benzene rings is 3. The molecule has 5 nitrogen and oxygen atoms in total. The zero-order chi connectivity index (χ0) is 27.7. The molecule has 1 heterocycles. The summed E-state index contributed by atoms with van der Waals surface area (Å²) in [5, 5.41) is 10.3. The van der Waals surface area contributed by atoms with E-state index in [1.807, 2.05) is 31.2 Å². The lowest BCUT2D eigenvalue weighted by molar-refractivity contribution is -0.143. The summed E-state index contributed by atoms with van der Waals surface area (Å²) in [7, 11) is -3.96. The zero-order valence-electron chi connectivity index (χ0n) is 22.1. The number of piperidine rings is 1. The van der Waals surface area contributed by atoms with Crippen molar-refractivity contribution in [2.24, 2.45) is 5.92 Å². The van der Waals surface area contributed by atoms with E-state index in [-0.39, 0.29) is 22.1 Å². The molecule has 0 saturated carbocycles. The number of thioether (sulfide) groups is 1. The predicted molar refractivity (Wildman–Crippen MR) is 155 cm³/mol. The van der Waals surface area contributed by atoms with Crippen molar-refractivity contribution in [3.05, 3.63) is 100 Å². The molecule has 202 valence electrons. The van der Waals surface area contributed by atoms with Crippen LogP contribution in [0, 0.1) is 12.8 Å². The number of nitrogens with zero attached hydrogens (tertiary/aromatic N) is 1. The fourth-order valence-electron chi connectivity index (χ4n) is 4.76. The Balaban J connectivity index is 1.64. The first-order valence-electron chi connectivity index (χ1n) is 12.6. The van der Waals surface area contributed by atoms with Crippen molar-refractivity contribution in [1.29, 1.82) is 0 Å². The van der Waals surface area contributed by atoms with Gasteiger partial charge in [0.25, 0.3) is 0 Å². The lowest BCUT2D eigenvalue weighted by Crippen LogP contribution is -2.49. The maximum absolute atomic E-state index is 13.8. The highest BCUT2D eigenvalue weighted by molar-refractivity contribution is 7.99. The highest BCUT2D eigenvalue weighted by Gasteiger charge is 2.45. The SMILES string of the molecule is Cc1ccc([C@@H]2C[C@@H](SCc3ccc(C(C)(C)C)cc3)[C@H](C(=O)O)CN2S(=O)(=O)c2ccc(Cl)cc2)cc1. The molecule has 0 bridgehead atoms. The third-order valence-corrected chi connectivity index (χ3v) is 10.7. The number of carbonyl (C=O) groups is 1. The van der Waals surface area contributed by atoms with Gasteiger partial charge < -0.3 is 5.11 Å². The molecule has 3 aromatic rings. The lowest BCUT2D eigenvalue weighted by Gasteiger charge is -2.42. The minimum atomic E-state index is -3.96. The number of halogens is 1. The molecular formula is C30H34ClNO4S2. The Labute approximate surface area is 235 Å². The van der Waals surface area contributed by atoms with Crippen LogP contribution >= 0.6 is 23.4 Å². The van der Waals surface area contributed by atoms with Crippen LogP contribution in [0.25, 0.3) is 0 Å². The molecule has 0 spiro atoms. The van der Waals surface area contributed by atoms with Crippen LogP contribution in [0.4, 0.5) is 0 Å². The molecular weight excluding hydrogens is 538 g/mol. The Bertz CT molecular complexity index is 1370. The van der Waals surface area contributed by atoms with E-state index in [4.69, 9.17) is 11.6 Å². The van der Waals surface area contributed by atoms with E-state index in [2.05, 4.69) is 45.0 Å². The summed E-state index contributed by atoms with van der Waals surface area (Å²) in [6, 6.07) is 21.8. The van der Waals surface area contributed by atoms with Crippen molar-refractivity contribution in [3.8, 4) is 0 Å². The number of hydrogen-bond acceptors (Lipinski definition) is 4. The van der Waals surface area contributed by atoms with Crippen molar-refractivity contribution in [3.63, 3.8) is 0 Å². The van der Waals surface area contributed by atoms with Crippen LogP contribution in [0.2, 0.25) is 5.02 Å². The van der Waals surface area contributed by atoms with Crippen LogP contribution < -0.4 is 0 Å².